The van der Waals surface area contributed by atoms with Crippen LogP contribution in [0.3, 0.4) is 0 Å². The lowest BCUT2D eigenvalue weighted by Crippen LogP contribution is -2.43. The molecule has 0 atom stereocenters. The number of hydrazine groups is 1. The molecule has 3 N–H and O–H groups in total. The molecule has 0 unspecified atom stereocenters. The molecular formula is C13H23ClN4. The number of hydrogen-bond acceptors (Lipinski definition) is 4. The molecule has 0 amide bonds. The smallest absolute Gasteiger partial charge is 0.0660 e. The standard InChI is InChI=1S/C11H17ClN4.C2H6/c1-13-15-9-2-3-11(10(12)8-9)16-6-4-14-5-7-16;1-2/h2-3,8,13-15H,4-7H2,1H3;1-2H3. The Morgan fingerprint density at radius 2 is 1.89 bits per heavy atom. The highest BCUT2D eigenvalue weighted by atomic mass is 35.5. The summed E-state index contributed by atoms with van der Waals surface area (Å²) in [5.41, 5.74) is 7.98. The van der Waals surface area contributed by atoms with E-state index < -0.39 is 0 Å². The van der Waals surface area contributed by atoms with Crippen LogP contribution in [0.5, 0.6) is 0 Å². The molecule has 2 rings (SSSR count). The second-order valence-electron chi connectivity index (χ2n) is 3.78. The molecule has 0 aromatic heterocycles. The van der Waals surface area contributed by atoms with Gasteiger partial charge in [0.15, 0.2) is 0 Å². The highest BCUT2D eigenvalue weighted by molar-refractivity contribution is 6.33. The van der Waals surface area contributed by atoms with Crippen LogP contribution in [-0.4, -0.2) is 33.2 Å². The summed E-state index contributed by atoms with van der Waals surface area (Å²) in [5.74, 6) is 0. The van der Waals surface area contributed by atoms with Crippen LogP contribution in [0, 0.1) is 0 Å². The molecule has 0 radical (unpaired) electrons. The monoisotopic (exact) mass is 270 g/mol. The molecule has 1 aromatic carbocycles. The van der Waals surface area contributed by atoms with Gasteiger partial charge >= 0.3 is 0 Å². The van der Waals surface area contributed by atoms with Crippen molar-refractivity contribution < 1.29 is 0 Å². The first-order chi connectivity index (χ1) is 8.81. The van der Waals surface area contributed by atoms with Gasteiger partial charge < -0.3 is 15.6 Å². The lowest BCUT2D eigenvalue weighted by atomic mass is 10.2. The second kappa shape index (κ2) is 8.19. The quantitative estimate of drug-likeness (QED) is 0.738. The Morgan fingerprint density at radius 1 is 1.22 bits per heavy atom. The minimum absolute atomic E-state index is 0.794. The molecule has 18 heavy (non-hydrogen) atoms. The van der Waals surface area contributed by atoms with Crippen molar-refractivity contribution >= 4 is 23.0 Å². The fourth-order valence-electron chi connectivity index (χ4n) is 1.89. The summed E-state index contributed by atoms with van der Waals surface area (Å²) in [6.45, 7) is 8.07. The van der Waals surface area contributed by atoms with Gasteiger partial charge in [-0.05, 0) is 18.2 Å². The van der Waals surface area contributed by atoms with Crippen molar-refractivity contribution in [3.05, 3.63) is 23.2 Å². The summed E-state index contributed by atoms with van der Waals surface area (Å²) in [4.78, 5) is 2.31. The Bertz CT molecular complexity index is 351. The predicted octanol–water partition coefficient (Wildman–Crippen LogP) is 2.32. The highest BCUT2D eigenvalue weighted by Gasteiger charge is 2.13. The van der Waals surface area contributed by atoms with E-state index in [1.54, 1.807) is 0 Å². The first kappa shape index (κ1) is 15.1. The second-order valence-corrected chi connectivity index (χ2v) is 4.19. The zero-order valence-corrected chi connectivity index (χ0v) is 12.1. The molecule has 1 aliphatic rings. The number of nitrogens with one attached hydrogen (secondary N) is 3. The Balaban J connectivity index is 0.000000771. The van der Waals surface area contributed by atoms with Gasteiger partial charge in [-0.1, -0.05) is 25.4 Å². The number of hydrogen-bond donors (Lipinski definition) is 3. The fourth-order valence-corrected chi connectivity index (χ4v) is 2.19. The zero-order chi connectivity index (χ0) is 13.4. The van der Waals surface area contributed by atoms with Crippen molar-refractivity contribution in [2.45, 2.75) is 13.8 Å². The van der Waals surface area contributed by atoms with E-state index in [0.717, 1.165) is 42.6 Å². The molecule has 4 nitrogen and oxygen atoms in total. The average molecular weight is 271 g/mol. The number of anilines is 2. The topological polar surface area (TPSA) is 39.3 Å². The van der Waals surface area contributed by atoms with Crippen LogP contribution >= 0.6 is 11.6 Å². The van der Waals surface area contributed by atoms with E-state index in [1.165, 1.54) is 0 Å². The van der Waals surface area contributed by atoms with E-state index in [2.05, 4.69) is 27.1 Å². The molecule has 0 spiro atoms. The first-order valence-electron chi connectivity index (χ1n) is 6.49. The molecule has 1 aliphatic heterocycles. The van der Waals surface area contributed by atoms with E-state index in [9.17, 15) is 0 Å². The summed E-state index contributed by atoms with van der Waals surface area (Å²) >= 11 is 6.27. The SMILES string of the molecule is CC.CNNc1ccc(N2CCNCC2)c(Cl)c1. The molecule has 1 fully saturated rings. The van der Waals surface area contributed by atoms with Gasteiger partial charge in [0, 0.05) is 33.2 Å². The normalized spacial score (nSPS) is 14.8. The maximum Gasteiger partial charge on any atom is 0.0660 e. The van der Waals surface area contributed by atoms with Crippen LogP contribution in [0.4, 0.5) is 11.4 Å². The lowest BCUT2D eigenvalue weighted by molar-refractivity contribution is 0.589. The molecular weight excluding hydrogens is 248 g/mol. The highest BCUT2D eigenvalue weighted by Crippen LogP contribution is 2.28. The maximum absolute atomic E-state index is 6.27. The lowest BCUT2D eigenvalue weighted by Gasteiger charge is -2.30. The van der Waals surface area contributed by atoms with E-state index in [0.29, 0.717) is 0 Å². The predicted molar refractivity (Wildman–Crippen MR) is 80.6 cm³/mol. The number of piperazine rings is 1. The first-order valence-corrected chi connectivity index (χ1v) is 6.87. The zero-order valence-electron chi connectivity index (χ0n) is 11.4. The van der Waals surface area contributed by atoms with Gasteiger partial charge in [0.2, 0.25) is 0 Å². The van der Waals surface area contributed by atoms with Crippen molar-refractivity contribution in [1.82, 2.24) is 10.7 Å². The Morgan fingerprint density at radius 3 is 2.44 bits per heavy atom. The van der Waals surface area contributed by atoms with E-state index in [1.807, 2.05) is 33.0 Å². The molecule has 1 aromatic rings. The van der Waals surface area contributed by atoms with Crippen LogP contribution in [-0.2, 0) is 0 Å². The van der Waals surface area contributed by atoms with Crippen LogP contribution in [0.1, 0.15) is 13.8 Å². The Hall–Kier alpha value is -0.970. The van der Waals surface area contributed by atoms with Crippen molar-refractivity contribution in [2.75, 3.05) is 43.6 Å². The van der Waals surface area contributed by atoms with Gasteiger partial charge in [0.1, 0.15) is 0 Å². The fraction of sp³-hybridized carbons (Fsp3) is 0.538. The molecule has 1 saturated heterocycles. The summed E-state index contributed by atoms with van der Waals surface area (Å²) in [6.07, 6.45) is 0. The van der Waals surface area contributed by atoms with Crippen molar-refractivity contribution in [3.8, 4) is 0 Å². The summed E-state index contributed by atoms with van der Waals surface area (Å²) in [5, 5.41) is 4.12. The molecule has 1 heterocycles. The number of rotatable bonds is 3. The van der Waals surface area contributed by atoms with Gasteiger partial charge in [-0.25, -0.2) is 5.43 Å². The molecule has 0 bridgehead atoms. The largest absolute Gasteiger partial charge is 0.368 e. The Labute approximate surface area is 115 Å². The van der Waals surface area contributed by atoms with Gasteiger partial charge in [-0.3, -0.25) is 0 Å². The van der Waals surface area contributed by atoms with Gasteiger partial charge in [-0.15, -0.1) is 0 Å². The summed E-state index contributed by atoms with van der Waals surface area (Å²) in [6, 6.07) is 6.03. The van der Waals surface area contributed by atoms with Crippen molar-refractivity contribution in [1.29, 1.82) is 0 Å². The molecule has 0 saturated carbocycles. The Kier molecular flexibility index (Phi) is 6.86. The van der Waals surface area contributed by atoms with Crippen molar-refractivity contribution in [3.63, 3.8) is 0 Å². The summed E-state index contributed by atoms with van der Waals surface area (Å²) < 4.78 is 0. The van der Waals surface area contributed by atoms with Crippen LogP contribution in [0.25, 0.3) is 0 Å². The van der Waals surface area contributed by atoms with E-state index in [-0.39, 0.29) is 0 Å². The van der Waals surface area contributed by atoms with E-state index >= 15 is 0 Å². The van der Waals surface area contributed by atoms with Crippen LogP contribution < -0.4 is 21.1 Å². The van der Waals surface area contributed by atoms with Gasteiger partial charge in [0.05, 0.1) is 16.4 Å². The number of nitrogens with zero attached hydrogens (tertiary/aromatic N) is 1. The summed E-state index contributed by atoms with van der Waals surface area (Å²) in [7, 11) is 1.83. The third kappa shape index (κ3) is 4.05. The molecule has 102 valence electrons. The third-order valence-corrected chi connectivity index (χ3v) is 2.98. The minimum atomic E-state index is 0.794. The van der Waals surface area contributed by atoms with Crippen molar-refractivity contribution in [2.24, 2.45) is 0 Å². The maximum atomic E-state index is 6.27. The average Bonchev–Trinajstić information content (AvgIpc) is 2.42. The van der Waals surface area contributed by atoms with E-state index in [4.69, 9.17) is 11.6 Å². The van der Waals surface area contributed by atoms with Crippen LogP contribution in [0.2, 0.25) is 5.02 Å². The number of benzene rings is 1. The van der Waals surface area contributed by atoms with Gasteiger partial charge in [-0.2, -0.15) is 0 Å². The third-order valence-electron chi connectivity index (χ3n) is 2.67. The number of halogens is 1. The van der Waals surface area contributed by atoms with Crippen LogP contribution in [0.15, 0.2) is 18.2 Å². The minimum Gasteiger partial charge on any atom is -0.368 e. The van der Waals surface area contributed by atoms with Gasteiger partial charge in [0.25, 0.3) is 0 Å². The molecule has 0 aliphatic carbocycles. The molecule has 5 heteroatoms.